The molecule has 0 spiro atoms. The first-order valence-electron chi connectivity index (χ1n) is 5.81. The van der Waals surface area contributed by atoms with E-state index < -0.39 is 0 Å². The van der Waals surface area contributed by atoms with Crippen LogP contribution < -0.4 is 11.1 Å². The van der Waals surface area contributed by atoms with Crippen LogP contribution in [0.5, 0.6) is 0 Å². The van der Waals surface area contributed by atoms with Crippen LogP contribution in [0.3, 0.4) is 0 Å². The summed E-state index contributed by atoms with van der Waals surface area (Å²) in [6.07, 6.45) is 0. The van der Waals surface area contributed by atoms with Gasteiger partial charge in [-0.25, -0.2) is 4.79 Å². The zero-order chi connectivity index (χ0) is 13.8. The van der Waals surface area contributed by atoms with Gasteiger partial charge in [0, 0.05) is 23.1 Å². The van der Waals surface area contributed by atoms with Crippen LogP contribution in [0.15, 0.2) is 22.7 Å². The second-order valence-electron chi connectivity index (χ2n) is 4.08. The first-order valence-corrected chi connectivity index (χ1v) is 7.01. The van der Waals surface area contributed by atoms with E-state index in [0.717, 1.165) is 4.47 Å². The van der Waals surface area contributed by atoms with Gasteiger partial charge in [0.25, 0.3) is 0 Å². The van der Waals surface area contributed by atoms with Crippen LogP contribution in [0, 0.1) is 0 Å². The Morgan fingerprint density at radius 2 is 2.11 bits per heavy atom. The van der Waals surface area contributed by atoms with E-state index in [0.29, 0.717) is 37.6 Å². The lowest BCUT2D eigenvalue weighted by atomic mass is 10.2. The number of carbonyl (C=O) groups excluding carboxylic acids is 1. The van der Waals surface area contributed by atoms with Gasteiger partial charge in [-0.2, -0.15) is 0 Å². The van der Waals surface area contributed by atoms with Gasteiger partial charge < -0.3 is 20.7 Å². The van der Waals surface area contributed by atoms with Gasteiger partial charge >= 0.3 is 6.03 Å². The summed E-state index contributed by atoms with van der Waals surface area (Å²) < 4.78 is 6.06. The number of benzene rings is 1. The van der Waals surface area contributed by atoms with Crippen LogP contribution >= 0.6 is 28.1 Å². The molecule has 0 aromatic heterocycles. The molecule has 1 aromatic rings. The van der Waals surface area contributed by atoms with Crippen molar-refractivity contribution in [3.8, 4) is 0 Å². The van der Waals surface area contributed by atoms with Crippen molar-refractivity contribution in [3.63, 3.8) is 0 Å². The third kappa shape index (κ3) is 3.65. The van der Waals surface area contributed by atoms with Gasteiger partial charge in [-0.3, -0.25) is 0 Å². The number of morpholine rings is 1. The summed E-state index contributed by atoms with van der Waals surface area (Å²) in [5.74, 6) is 0. The molecule has 0 atom stereocenters. The molecule has 0 unspecified atom stereocenters. The van der Waals surface area contributed by atoms with Gasteiger partial charge in [-0.05, 0) is 18.2 Å². The third-order valence-corrected chi connectivity index (χ3v) is 3.50. The fraction of sp³-hybridized carbons (Fsp3) is 0.333. The van der Waals surface area contributed by atoms with Crippen LogP contribution in [0.25, 0.3) is 0 Å². The molecule has 1 aliphatic rings. The quantitative estimate of drug-likeness (QED) is 0.805. The van der Waals surface area contributed by atoms with Crippen LogP contribution in [0.4, 0.5) is 10.5 Å². The lowest BCUT2D eigenvalue weighted by Gasteiger charge is -2.27. The molecular formula is C12H14BrN3O2S. The number of carbonyl (C=O) groups is 1. The smallest absolute Gasteiger partial charge is 0.322 e. The summed E-state index contributed by atoms with van der Waals surface area (Å²) in [7, 11) is 0. The van der Waals surface area contributed by atoms with Gasteiger partial charge in [-0.15, -0.1) is 0 Å². The molecule has 0 radical (unpaired) electrons. The fourth-order valence-electron chi connectivity index (χ4n) is 1.80. The zero-order valence-electron chi connectivity index (χ0n) is 10.2. The van der Waals surface area contributed by atoms with Crippen molar-refractivity contribution in [2.24, 2.45) is 5.73 Å². The van der Waals surface area contributed by atoms with Gasteiger partial charge in [0.2, 0.25) is 0 Å². The molecule has 1 fully saturated rings. The summed E-state index contributed by atoms with van der Waals surface area (Å²) in [4.78, 5) is 14.1. The highest BCUT2D eigenvalue weighted by molar-refractivity contribution is 9.10. The van der Waals surface area contributed by atoms with Gasteiger partial charge in [-0.1, -0.05) is 28.1 Å². The zero-order valence-corrected chi connectivity index (χ0v) is 12.6. The SMILES string of the molecule is NC(=S)c1ccc(Br)cc1NC(=O)N1CCOCC1. The maximum absolute atomic E-state index is 12.1. The molecular weight excluding hydrogens is 330 g/mol. The summed E-state index contributed by atoms with van der Waals surface area (Å²) in [6.45, 7) is 2.30. The van der Waals surface area contributed by atoms with Crippen molar-refractivity contribution in [2.75, 3.05) is 31.6 Å². The van der Waals surface area contributed by atoms with E-state index in [4.69, 9.17) is 22.7 Å². The van der Waals surface area contributed by atoms with Crippen molar-refractivity contribution in [1.82, 2.24) is 4.90 Å². The molecule has 0 saturated carbocycles. The van der Waals surface area contributed by atoms with E-state index in [2.05, 4.69) is 21.2 Å². The Balaban J connectivity index is 2.15. The lowest BCUT2D eigenvalue weighted by Crippen LogP contribution is -2.43. The highest BCUT2D eigenvalue weighted by Gasteiger charge is 2.18. The van der Waals surface area contributed by atoms with Crippen molar-refractivity contribution >= 4 is 44.9 Å². The molecule has 7 heteroatoms. The number of ether oxygens (including phenoxy) is 1. The van der Waals surface area contributed by atoms with Crippen LogP contribution in [0.2, 0.25) is 0 Å². The number of urea groups is 1. The predicted octanol–water partition coefficient (Wildman–Crippen LogP) is 1.95. The Morgan fingerprint density at radius 3 is 2.74 bits per heavy atom. The number of halogens is 1. The average Bonchev–Trinajstić information content (AvgIpc) is 2.39. The van der Waals surface area contributed by atoms with E-state index in [1.807, 2.05) is 6.07 Å². The minimum atomic E-state index is -0.168. The summed E-state index contributed by atoms with van der Waals surface area (Å²) in [5, 5.41) is 2.84. The minimum absolute atomic E-state index is 0.168. The van der Waals surface area contributed by atoms with Crippen molar-refractivity contribution in [2.45, 2.75) is 0 Å². The Kier molecular flexibility index (Phi) is 4.73. The van der Waals surface area contributed by atoms with Gasteiger partial charge in [0.15, 0.2) is 0 Å². The average molecular weight is 344 g/mol. The molecule has 2 amide bonds. The van der Waals surface area contributed by atoms with Crippen LogP contribution in [-0.4, -0.2) is 42.2 Å². The Morgan fingerprint density at radius 1 is 1.42 bits per heavy atom. The number of nitrogens with one attached hydrogen (secondary N) is 1. The molecule has 2 rings (SSSR count). The third-order valence-electron chi connectivity index (χ3n) is 2.79. The molecule has 102 valence electrons. The Bertz CT molecular complexity index is 504. The van der Waals surface area contributed by atoms with E-state index in [1.54, 1.807) is 17.0 Å². The Hall–Kier alpha value is -1.18. The van der Waals surface area contributed by atoms with Gasteiger partial charge in [0.1, 0.15) is 4.99 Å². The second kappa shape index (κ2) is 6.31. The fourth-order valence-corrected chi connectivity index (χ4v) is 2.33. The number of hydrogen-bond acceptors (Lipinski definition) is 3. The standard InChI is InChI=1S/C12H14BrN3O2S/c13-8-1-2-9(11(14)19)10(7-8)15-12(17)16-3-5-18-6-4-16/h1-2,7H,3-6H2,(H2,14,19)(H,15,17). The monoisotopic (exact) mass is 343 g/mol. The molecule has 0 bridgehead atoms. The topological polar surface area (TPSA) is 67.6 Å². The maximum Gasteiger partial charge on any atom is 0.322 e. The van der Waals surface area contributed by atoms with Gasteiger partial charge in [0.05, 0.1) is 18.9 Å². The first-order chi connectivity index (χ1) is 9.08. The molecule has 19 heavy (non-hydrogen) atoms. The summed E-state index contributed by atoms with van der Waals surface area (Å²) >= 11 is 8.34. The molecule has 1 saturated heterocycles. The second-order valence-corrected chi connectivity index (χ2v) is 5.44. The van der Waals surface area contributed by atoms with Crippen molar-refractivity contribution < 1.29 is 9.53 Å². The summed E-state index contributed by atoms with van der Waals surface area (Å²) in [6, 6.07) is 5.23. The minimum Gasteiger partial charge on any atom is -0.389 e. The number of hydrogen-bond donors (Lipinski definition) is 2. The lowest BCUT2D eigenvalue weighted by molar-refractivity contribution is 0.0564. The van der Waals surface area contributed by atoms with Crippen molar-refractivity contribution in [1.29, 1.82) is 0 Å². The molecule has 3 N–H and O–H groups in total. The van der Waals surface area contributed by atoms with E-state index in [1.165, 1.54) is 0 Å². The van der Waals surface area contributed by atoms with Crippen molar-refractivity contribution in [3.05, 3.63) is 28.2 Å². The number of anilines is 1. The van der Waals surface area contributed by atoms with Crippen LogP contribution in [0.1, 0.15) is 5.56 Å². The van der Waals surface area contributed by atoms with E-state index in [9.17, 15) is 4.79 Å². The Labute approximate surface area is 125 Å². The first kappa shape index (κ1) is 14.2. The number of nitrogens with zero attached hydrogens (tertiary/aromatic N) is 1. The number of nitrogens with two attached hydrogens (primary N) is 1. The predicted molar refractivity (Wildman–Crippen MR) is 81.4 cm³/mol. The van der Waals surface area contributed by atoms with E-state index >= 15 is 0 Å². The largest absolute Gasteiger partial charge is 0.389 e. The molecule has 1 aromatic carbocycles. The number of rotatable bonds is 2. The number of amides is 2. The van der Waals surface area contributed by atoms with Crippen LogP contribution in [-0.2, 0) is 4.74 Å². The normalized spacial score (nSPS) is 15.1. The molecule has 0 aliphatic carbocycles. The molecule has 1 aliphatic heterocycles. The van der Waals surface area contributed by atoms with E-state index in [-0.39, 0.29) is 11.0 Å². The highest BCUT2D eigenvalue weighted by atomic mass is 79.9. The highest BCUT2D eigenvalue weighted by Crippen LogP contribution is 2.22. The molecule has 5 nitrogen and oxygen atoms in total. The summed E-state index contributed by atoms with van der Waals surface area (Å²) in [5.41, 5.74) is 6.91. The maximum atomic E-state index is 12.1. The molecule has 1 heterocycles. The number of thiocarbonyl (C=S) groups is 1.